The van der Waals surface area contributed by atoms with Crippen molar-refractivity contribution >= 4 is 15.2 Å². The standard InChI is InChI=1S/C2H9NO7P2/c3-2(1-4,11(5,6)7)12(8,9)10/h4H,1,3H2,(H2,5,6,7)(H2,8,9,10). The lowest BCUT2D eigenvalue weighted by atomic mass is 10.7. The summed E-state index contributed by atoms with van der Waals surface area (Å²) in [7, 11) is -10.5. The molecular weight excluding hydrogens is 212 g/mol. The highest BCUT2D eigenvalue weighted by atomic mass is 31.2. The van der Waals surface area contributed by atoms with Crippen molar-refractivity contribution in [1.82, 2.24) is 0 Å². The van der Waals surface area contributed by atoms with Crippen LogP contribution in [-0.4, -0.2) is 36.3 Å². The Kier molecular flexibility index (Phi) is 3.23. The van der Waals surface area contributed by atoms with Crippen LogP contribution in [0, 0.1) is 0 Å². The summed E-state index contributed by atoms with van der Waals surface area (Å²) >= 11 is 0. The van der Waals surface area contributed by atoms with Gasteiger partial charge < -0.3 is 30.4 Å². The largest absolute Gasteiger partial charge is 0.393 e. The lowest BCUT2D eigenvalue weighted by Gasteiger charge is -2.27. The Morgan fingerprint density at radius 2 is 1.33 bits per heavy atom. The van der Waals surface area contributed by atoms with E-state index >= 15 is 0 Å². The summed E-state index contributed by atoms with van der Waals surface area (Å²) in [5.74, 6) is 0. The second-order valence-corrected chi connectivity index (χ2v) is 6.25. The van der Waals surface area contributed by atoms with E-state index in [4.69, 9.17) is 24.7 Å². The van der Waals surface area contributed by atoms with Gasteiger partial charge in [-0.2, -0.15) is 0 Å². The molecule has 74 valence electrons. The summed E-state index contributed by atoms with van der Waals surface area (Å²) in [6.07, 6.45) is 0. The van der Waals surface area contributed by atoms with E-state index in [9.17, 15) is 9.13 Å². The number of aliphatic hydroxyl groups is 1. The summed E-state index contributed by atoms with van der Waals surface area (Å²) in [6, 6.07) is 0. The number of hydrogen-bond acceptors (Lipinski definition) is 4. The molecule has 0 saturated carbocycles. The Bertz CT molecular complexity index is 228. The van der Waals surface area contributed by atoms with Crippen LogP contribution in [0.25, 0.3) is 0 Å². The van der Waals surface area contributed by atoms with Gasteiger partial charge in [-0.3, -0.25) is 9.13 Å². The molecule has 0 radical (unpaired) electrons. The van der Waals surface area contributed by atoms with Crippen LogP contribution in [0.4, 0.5) is 0 Å². The van der Waals surface area contributed by atoms with Crippen molar-refractivity contribution in [3.8, 4) is 0 Å². The van der Waals surface area contributed by atoms with E-state index in [0.717, 1.165) is 0 Å². The van der Waals surface area contributed by atoms with E-state index in [1.165, 1.54) is 0 Å². The first-order valence-electron chi connectivity index (χ1n) is 2.57. The normalized spacial score (nSPS) is 14.8. The SMILES string of the molecule is NC(CO)(P(=O)(O)O)P(=O)(O)O. The van der Waals surface area contributed by atoms with E-state index < -0.39 is 26.8 Å². The van der Waals surface area contributed by atoms with E-state index in [2.05, 4.69) is 5.73 Å². The Balaban J connectivity index is 5.25. The lowest BCUT2D eigenvalue weighted by molar-refractivity contribution is 0.224. The zero-order valence-electron chi connectivity index (χ0n) is 5.73. The van der Waals surface area contributed by atoms with Crippen LogP contribution < -0.4 is 5.73 Å². The molecule has 0 aromatic carbocycles. The van der Waals surface area contributed by atoms with Crippen molar-refractivity contribution in [2.45, 2.75) is 5.02 Å². The third-order valence-electron chi connectivity index (χ3n) is 1.24. The van der Waals surface area contributed by atoms with E-state index in [0.29, 0.717) is 0 Å². The molecule has 0 spiro atoms. The number of nitrogens with two attached hydrogens (primary N) is 1. The van der Waals surface area contributed by atoms with Gasteiger partial charge in [-0.25, -0.2) is 0 Å². The predicted molar refractivity (Wildman–Crippen MR) is 38.1 cm³/mol. The van der Waals surface area contributed by atoms with Crippen LogP contribution in [0.2, 0.25) is 0 Å². The van der Waals surface area contributed by atoms with Gasteiger partial charge in [-0.1, -0.05) is 0 Å². The third kappa shape index (κ3) is 1.93. The van der Waals surface area contributed by atoms with Gasteiger partial charge in [0.2, 0.25) is 5.02 Å². The van der Waals surface area contributed by atoms with Crippen LogP contribution in [-0.2, 0) is 9.13 Å². The molecule has 0 bridgehead atoms. The van der Waals surface area contributed by atoms with Gasteiger partial charge in [0.05, 0.1) is 6.61 Å². The highest BCUT2D eigenvalue weighted by Gasteiger charge is 2.57. The molecule has 0 heterocycles. The molecule has 7 N–H and O–H groups in total. The van der Waals surface area contributed by atoms with Gasteiger partial charge >= 0.3 is 15.2 Å². The highest BCUT2D eigenvalue weighted by molar-refractivity contribution is 7.72. The van der Waals surface area contributed by atoms with E-state index in [-0.39, 0.29) is 0 Å². The van der Waals surface area contributed by atoms with Crippen LogP contribution in [0.5, 0.6) is 0 Å². The zero-order chi connectivity index (χ0) is 10.2. The summed E-state index contributed by atoms with van der Waals surface area (Å²) in [4.78, 5) is 33.6. The van der Waals surface area contributed by atoms with Crippen LogP contribution in [0.1, 0.15) is 0 Å². The Morgan fingerprint density at radius 3 is 1.33 bits per heavy atom. The smallest absolute Gasteiger partial charge is 0.360 e. The molecule has 0 aliphatic heterocycles. The van der Waals surface area contributed by atoms with Gasteiger partial charge in [0.25, 0.3) is 0 Å². The van der Waals surface area contributed by atoms with Crippen molar-refractivity contribution in [2.24, 2.45) is 5.73 Å². The number of hydrogen-bond donors (Lipinski definition) is 6. The molecule has 0 aromatic rings. The van der Waals surface area contributed by atoms with Crippen molar-refractivity contribution < 1.29 is 33.8 Å². The summed E-state index contributed by atoms with van der Waals surface area (Å²) in [5, 5.41) is 5.15. The Hall–Kier alpha value is 0.220. The molecule has 12 heavy (non-hydrogen) atoms. The molecule has 0 saturated heterocycles. The van der Waals surface area contributed by atoms with Crippen molar-refractivity contribution in [2.75, 3.05) is 6.61 Å². The van der Waals surface area contributed by atoms with Crippen LogP contribution in [0.3, 0.4) is 0 Å². The maximum absolute atomic E-state index is 10.4. The minimum Gasteiger partial charge on any atom is -0.393 e. The molecular formula is C2H9NO7P2. The second-order valence-electron chi connectivity index (χ2n) is 2.12. The minimum atomic E-state index is -5.24. The first kappa shape index (κ1) is 12.2. The lowest BCUT2D eigenvalue weighted by Crippen LogP contribution is -2.42. The Morgan fingerprint density at radius 1 is 1.08 bits per heavy atom. The molecule has 10 heteroatoms. The Labute approximate surface area is 67.3 Å². The van der Waals surface area contributed by atoms with E-state index in [1.807, 2.05) is 0 Å². The quantitative estimate of drug-likeness (QED) is 0.296. The molecule has 0 aliphatic carbocycles. The zero-order valence-corrected chi connectivity index (χ0v) is 7.52. The molecule has 0 unspecified atom stereocenters. The summed E-state index contributed by atoms with van der Waals surface area (Å²) < 4.78 is 20.9. The average Bonchev–Trinajstić information content (AvgIpc) is 1.81. The molecule has 0 aromatic heterocycles. The number of aliphatic hydroxyl groups excluding tert-OH is 1. The maximum Gasteiger partial charge on any atom is 0.360 e. The summed E-state index contributed by atoms with van der Waals surface area (Å²) in [5.41, 5.74) is 4.68. The first-order chi connectivity index (χ1) is 5.06. The average molecular weight is 221 g/mol. The van der Waals surface area contributed by atoms with Gasteiger partial charge in [0.1, 0.15) is 0 Å². The number of rotatable bonds is 3. The van der Waals surface area contributed by atoms with E-state index in [1.54, 1.807) is 0 Å². The van der Waals surface area contributed by atoms with Gasteiger partial charge in [-0.05, 0) is 0 Å². The van der Waals surface area contributed by atoms with Crippen molar-refractivity contribution in [3.63, 3.8) is 0 Å². The molecule has 0 atom stereocenters. The topological polar surface area (TPSA) is 161 Å². The van der Waals surface area contributed by atoms with Gasteiger partial charge in [0, 0.05) is 0 Å². The highest BCUT2D eigenvalue weighted by Crippen LogP contribution is 2.65. The van der Waals surface area contributed by atoms with Gasteiger partial charge in [0.15, 0.2) is 0 Å². The first-order valence-corrected chi connectivity index (χ1v) is 5.80. The van der Waals surface area contributed by atoms with Crippen LogP contribution >= 0.6 is 15.2 Å². The van der Waals surface area contributed by atoms with Gasteiger partial charge in [-0.15, -0.1) is 0 Å². The minimum absolute atomic E-state index is 1.50. The molecule has 0 fully saturated rings. The molecule has 8 nitrogen and oxygen atoms in total. The van der Waals surface area contributed by atoms with Crippen molar-refractivity contribution in [3.05, 3.63) is 0 Å². The molecule has 0 amide bonds. The van der Waals surface area contributed by atoms with Crippen molar-refractivity contribution in [1.29, 1.82) is 0 Å². The van der Waals surface area contributed by atoms with Crippen LogP contribution in [0.15, 0.2) is 0 Å². The maximum atomic E-state index is 10.4. The summed E-state index contributed by atoms with van der Waals surface area (Å²) in [6.45, 7) is -1.50. The fourth-order valence-corrected chi connectivity index (χ4v) is 2.08. The third-order valence-corrected chi connectivity index (χ3v) is 5.11. The molecule has 0 rings (SSSR count). The monoisotopic (exact) mass is 221 g/mol. The predicted octanol–water partition coefficient (Wildman–Crippen LogP) is -2.05. The fraction of sp³-hybridized carbons (Fsp3) is 1.00. The second kappa shape index (κ2) is 3.17. The fourth-order valence-electron chi connectivity index (χ4n) is 0.354. The molecule has 0 aliphatic rings.